The topological polar surface area (TPSA) is 152 Å². The lowest BCUT2D eigenvalue weighted by Gasteiger charge is -2.15. The van der Waals surface area contributed by atoms with E-state index in [1.807, 2.05) is 0 Å². The number of phenolic OH excluding ortho intramolecular Hbond substituents is 2. The van der Waals surface area contributed by atoms with Gasteiger partial charge in [-0.3, -0.25) is 5.32 Å². The zero-order valence-corrected chi connectivity index (χ0v) is 10.3. The van der Waals surface area contributed by atoms with Crippen LogP contribution in [-0.4, -0.2) is 36.4 Å². The number of carbonyl (C=O) groups is 1. The number of methoxy groups -OCH3 is 2. The lowest BCUT2D eigenvalue weighted by molar-refractivity contribution is 0.259. The number of anilines is 1. The number of amides is 2. The van der Waals surface area contributed by atoms with Crippen molar-refractivity contribution >= 4 is 17.7 Å². The van der Waals surface area contributed by atoms with Crippen molar-refractivity contribution in [3.63, 3.8) is 0 Å². The molecule has 1 aromatic rings. The van der Waals surface area contributed by atoms with E-state index in [9.17, 15) is 15.0 Å². The number of hydrogen-bond acceptors (Lipinski definition) is 5. The molecule has 1 rings (SSSR count). The molecular weight excluding hydrogens is 256 g/mol. The lowest BCUT2D eigenvalue weighted by atomic mass is 10.2. The maximum Gasteiger partial charge on any atom is 0.348 e. The molecule has 0 heterocycles. The first-order chi connectivity index (χ1) is 8.90. The predicted molar refractivity (Wildman–Crippen MR) is 67.7 cm³/mol. The second kappa shape index (κ2) is 5.67. The predicted octanol–water partition coefficient (Wildman–Crippen LogP) is -0.0797. The molecule has 0 saturated carbocycles. The van der Waals surface area contributed by atoms with E-state index in [0.29, 0.717) is 0 Å². The smallest absolute Gasteiger partial charge is 0.348 e. The van der Waals surface area contributed by atoms with E-state index in [1.165, 1.54) is 14.2 Å². The van der Waals surface area contributed by atoms with Gasteiger partial charge in [-0.15, -0.1) is 0 Å². The number of ether oxygens (including phenoxy) is 2. The van der Waals surface area contributed by atoms with E-state index < -0.39 is 23.5 Å². The number of carbonyl (C=O) groups excluding carboxylic acids is 1. The van der Waals surface area contributed by atoms with Gasteiger partial charge in [0.25, 0.3) is 0 Å². The molecule has 0 aliphatic carbocycles. The fourth-order valence-corrected chi connectivity index (χ4v) is 1.34. The van der Waals surface area contributed by atoms with Gasteiger partial charge >= 0.3 is 6.03 Å². The first kappa shape index (κ1) is 14.2. The van der Waals surface area contributed by atoms with Crippen LogP contribution in [0.5, 0.6) is 23.0 Å². The van der Waals surface area contributed by atoms with Crippen molar-refractivity contribution < 1.29 is 24.5 Å². The van der Waals surface area contributed by atoms with Gasteiger partial charge in [0.1, 0.15) is 11.4 Å². The van der Waals surface area contributed by atoms with Gasteiger partial charge in [0.2, 0.25) is 5.75 Å². The molecule has 0 bridgehead atoms. The zero-order valence-electron chi connectivity index (χ0n) is 10.3. The number of benzene rings is 1. The van der Waals surface area contributed by atoms with Crippen molar-refractivity contribution in [2.75, 3.05) is 19.5 Å². The summed E-state index contributed by atoms with van der Waals surface area (Å²) in [4.78, 5) is 14.7. The van der Waals surface area contributed by atoms with Gasteiger partial charge in [-0.25, -0.2) is 4.79 Å². The summed E-state index contributed by atoms with van der Waals surface area (Å²) in [6.07, 6.45) is 0. The minimum Gasteiger partial charge on any atom is -0.504 e. The van der Waals surface area contributed by atoms with Gasteiger partial charge in [0, 0.05) is 6.07 Å². The average molecular weight is 270 g/mol. The Morgan fingerprint density at radius 2 is 1.95 bits per heavy atom. The summed E-state index contributed by atoms with van der Waals surface area (Å²) in [6.45, 7) is 0. The van der Waals surface area contributed by atoms with Crippen LogP contribution in [0.15, 0.2) is 11.1 Å². The number of hydrogen-bond donors (Lipinski definition) is 5. The molecule has 0 atom stereocenters. The molecule has 0 aliphatic rings. The zero-order chi connectivity index (χ0) is 14.6. The van der Waals surface area contributed by atoms with Gasteiger partial charge in [0.05, 0.1) is 14.2 Å². The van der Waals surface area contributed by atoms with E-state index in [4.69, 9.17) is 20.9 Å². The molecule has 2 amide bonds. The van der Waals surface area contributed by atoms with Crippen LogP contribution in [0.1, 0.15) is 0 Å². The van der Waals surface area contributed by atoms with E-state index in [-0.39, 0.29) is 17.2 Å². The number of aromatic hydroxyl groups is 2. The minimum absolute atomic E-state index is 0.0182. The normalized spacial score (nSPS) is 9.58. The Morgan fingerprint density at radius 3 is 2.42 bits per heavy atom. The van der Waals surface area contributed by atoms with Crippen LogP contribution in [0.3, 0.4) is 0 Å². The maximum absolute atomic E-state index is 11.4. The second-order valence-corrected chi connectivity index (χ2v) is 3.32. The molecule has 7 N–H and O–H groups in total. The maximum atomic E-state index is 11.4. The highest BCUT2D eigenvalue weighted by molar-refractivity contribution is 6.00. The Kier molecular flexibility index (Phi) is 4.24. The van der Waals surface area contributed by atoms with Gasteiger partial charge in [-0.05, 0) is 0 Å². The Morgan fingerprint density at radius 1 is 1.32 bits per heavy atom. The third-order valence-electron chi connectivity index (χ3n) is 2.09. The van der Waals surface area contributed by atoms with Gasteiger partial charge < -0.3 is 31.2 Å². The molecule has 19 heavy (non-hydrogen) atoms. The van der Waals surface area contributed by atoms with E-state index in [2.05, 4.69) is 10.3 Å². The fourth-order valence-electron chi connectivity index (χ4n) is 1.34. The van der Waals surface area contributed by atoms with Crippen molar-refractivity contribution in [2.24, 2.45) is 16.5 Å². The summed E-state index contributed by atoms with van der Waals surface area (Å²) in [5.74, 6) is -1.57. The monoisotopic (exact) mass is 270 g/mol. The molecule has 0 aliphatic heterocycles. The summed E-state index contributed by atoms with van der Waals surface area (Å²) in [7, 11) is 2.55. The number of nitrogens with two attached hydrogens (primary N) is 2. The van der Waals surface area contributed by atoms with Crippen molar-refractivity contribution in [2.45, 2.75) is 0 Å². The quantitative estimate of drug-likeness (QED) is 0.223. The van der Waals surface area contributed by atoms with Crippen LogP contribution < -0.4 is 26.3 Å². The molecule has 1 aromatic carbocycles. The Balaban J connectivity index is 3.28. The Bertz CT molecular complexity index is 525. The highest BCUT2D eigenvalue weighted by atomic mass is 16.5. The summed E-state index contributed by atoms with van der Waals surface area (Å²) >= 11 is 0. The van der Waals surface area contributed by atoms with Crippen molar-refractivity contribution in [1.29, 1.82) is 0 Å². The van der Waals surface area contributed by atoms with Gasteiger partial charge in [0.15, 0.2) is 17.5 Å². The van der Waals surface area contributed by atoms with Crippen LogP contribution in [0.4, 0.5) is 10.5 Å². The number of phenols is 2. The minimum atomic E-state index is -0.887. The Hall–Kier alpha value is -2.84. The van der Waals surface area contributed by atoms with Gasteiger partial charge in [-0.1, -0.05) is 0 Å². The van der Waals surface area contributed by atoms with Crippen LogP contribution >= 0.6 is 0 Å². The molecule has 9 nitrogen and oxygen atoms in total. The average Bonchev–Trinajstić information content (AvgIpc) is 2.33. The van der Waals surface area contributed by atoms with E-state index in [0.717, 1.165) is 6.07 Å². The summed E-state index contributed by atoms with van der Waals surface area (Å²) < 4.78 is 9.84. The van der Waals surface area contributed by atoms with E-state index >= 15 is 0 Å². The summed E-state index contributed by atoms with van der Waals surface area (Å²) in [5, 5.41) is 21.4. The third kappa shape index (κ3) is 3.09. The largest absolute Gasteiger partial charge is 0.504 e. The molecule has 9 heteroatoms. The molecule has 0 unspecified atom stereocenters. The number of urea groups is 1. The van der Waals surface area contributed by atoms with Crippen LogP contribution in [0.25, 0.3) is 0 Å². The molecule has 104 valence electrons. The molecule has 0 aromatic heterocycles. The molecule has 0 saturated heterocycles. The van der Waals surface area contributed by atoms with Crippen LogP contribution in [0.2, 0.25) is 0 Å². The van der Waals surface area contributed by atoms with Crippen molar-refractivity contribution in [3.8, 4) is 23.0 Å². The highest BCUT2D eigenvalue weighted by Gasteiger charge is 2.20. The number of nitrogens with zero attached hydrogens (tertiary/aromatic N) is 1. The number of nitrogens with one attached hydrogen (secondary N) is 1. The third-order valence-corrected chi connectivity index (χ3v) is 2.09. The second-order valence-electron chi connectivity index (χ2n) is 3.32. The highest BCUT2D eigenvalue weighted by Crippen LogP contribution is 2.47. The first-order valence-corrected chi connectivity index (χ1v) is 4.98. The first-order valence-electron chi connectivity index (χ1n) is 4.98. The standard InChI is InChI=1S/C10H14N4O5/c1-18-5-3-4(15)7(16)8(19-2)6(5)13-10(17)14-9(11)12/h3,15-16H,1-2H3,(H5,11,12,13,14,17). The fraction of sp³-hybridized carbons (Fsp3) is 0.200. The molecule has 0 spiro atoms. The van der Waals surface area contributed by atoms with E-state index in [1.54, 1.807) is 0 Å². The molecule has 0 radical (unpaired) electrons. The summed E-state index contributed by atoms with van der Waals surface area (Å²) in [5.41, 5.74) is 10.1. The van der Waals surface area contributed by atoms with Crippen molar-refractivity contribution in [3.05, 3.63) is 6.07 Å². The van der Waals surface area contributed by atoms with Gasteiger partial charge in [-0.2, -0.15) is 4.99 Å². The molecular formula is C10H14N4O5. The number of guanidine groups is 1. The Labute approximate surface area is 108 Å². The summed E-state index contributed by atoms with van der Waals surface area (Å²) in [6, 6.07) is 0.213. The van der Waals surface area contributed by atoms with Crippen LogP contribution in [0, 0.1) is 0 Å². The lowest BCUT2D eigenvalue weighted by Crippen LogP contribution is -2.25. The number of aliphatic imine (C=N–C) groups is 1. The van der Waals surface area contributed by atoms with Crippen molar-refractivity contribution in [1.82, 2.24) is 0 Å². The molecule has 0 fully saturated rings. The SMILES string of the molecule is COc1cc(O)c(O)c(OC)c1NC(=O)N=C(N)N. The van der Waals surface area contributed by atoms with Crippen LogP contribution in [-0.2, 0) is 0 Å². The number of rotatable bonds is 3.